The molecule has 0 bridgehead atoms. The maximum Gasteiger partial charge on any atom is 0.255 e. The van der Waals surface area contributed by atoms with Gasteiger partial charge in [0.05, 0.1) is 5.56 Å². The molecular formula is C33H27FN2O4. The molecule has 5 aromatic rings. The maximum atomic E-state index is 13.6. The Morgan fingerprint density at radius 1 is 1.02 bits per heavy atom. The lowest BCUT2D eigenvalue weighted by atomic mass is 9.89. The van der Waals surface area contributed by atoms with Gasteiger partial charge in [-0.3, -0.25) is 14.6 Å². The number of benzene rings is 3. The Hall–Kier alpha value is -4.78. The predicted octanol–water partition coefficient (Wildman–Crippen LogP) is 6.98. The number of pyridine rings is 1. The first-order chi connectivity index (χ1) is 19.3. The molecule has 2 aromatic heterocycles. The van der Waals surface area contributed by atoms with Crippen molar-refractivity contribution >= 4 is 22.7 Å². The molecule has 7 heteroatoms. The third kappa shape index (κ3) is 4.43. The van der Waals surface area contributed by atoms with Crippen molar-refractivity contribution in [2.45, 2.75) is 31.6 Å². The zero-order chi connectivity index (χ0) is 28.0. The van der Waals surface area contributed by atoms with Gasteiger partial charge < -0.3 is 14.8 Å². The van der Waals surface area contributed by atoms with Gasteiger partial charge in [-0.25, -0.2) is 4.39 Å². The van der Waals surface area contributed by atoms with Gasteiger partial charge in [-0.1, -0.05) is 12.1 Å². The van der Waals surface area contributed by atoms with E-state index < -0.39 is 0 Å². The van der Waals surface area contributed by atoms with Crippen molar-refractivity contribution in [2.24, 2.45) is 0 Å². The van der Waals surface area contributed by atoms with E-state index >= 15 is 0 Å². The van der Waals surface area contributed by atoms with Crippen LogP contribution in [0.3, 0.4) is 0 Å². The smallest absolute Gasteiger partial charge is 0.255 e. The summed E-state index contributed by atoms with van der Waals surface area (Å²) in [6.45, 7) is 1.79. The maximum absolute atomic E-state index is 13.6. The second kappa shape index (κ2) is 9.75. The molecule has 40 heavy (non-hydrogen) atoms. The van der Waals surface area contributed by atoms with E-state index in [9.17, 15) is 19.1 Å². The molecule has 200 valence electrons. The number of halogens is 1. The molecule has 1 aliphatic rings. The van der Waals surface area contributed by atoms with Crippen molar-refractivity contribution in [3.05, 3.63) is 107 Å². The number of Topliss-reactive ketones (excluding diaryl/α,β-unsaturated/α-hetero) is 1. The summed E-state index contributed by atoms with van der Waals surface area (Å²) in [4.78, 5) is 30.9. The van der Waals surface area contributed by atoms with Crippen molar-refractivity contribution in [3.63, 3.8) is 0 Å². The quantitative estimate of drug-likeness (QED) is 0.220. The molecule has 0 spiro atoms. The fraction of sp³-hybridized carbons (Fsp3) is 0.182. The number of hydrogen-bond donors (Lipinski definition) is 2. The minimum absolute atomic E-state index is 0.0225. The molecule has 0 atom stereocenters. The number of nitrogens with one attached hydrogen (secondary N) is 1. The van der Waals surface area contributed by atoms with Crippen LogP contribution in [0, 0.1) is 12.7 Å². The van der Waals surface area contributed by atoms with E-state index in [1.807, 2.05) is 30.3 Å². The molecule has 3 aromatic carbocycles. The first kappa shape index (κ1) is 25.5. The highest BCUT2D eigenvalue weighted by Crippen LogP contribution is 2.51. The Kier molecular flexibility index (Phi) is 6.22. The van der Waals surface area contributed by atoms with Crippen LogP contribution in [0.4, 0.5) is 4.39 Å². The largest absolute Gasteiger partial charge is 0.508 e. The van der Waals surface area contributed by atoms with Crippen LogP contribution in [0.25, 0.3) is 33.4 Å². The van der Waals surface area contributed by atoms with Crippen LogP contribution in [0.1, 0.15) is 51.2 Å². The third-order valence-corrected chi connectivity index (χ3v) is 7.82. The predicted molar refractivity (Wildman–Crippen MR) is 151 cm³/mol. The van der Waals surface area contributed by atoms with E-state index in [1.165, 1.54) is 25.2 Å². The number of fused-ring (bicyclic) bond motifs is 1. The van der Waals surface area contributed by atoms with Gasteiger partial charge in [0.1, 0.15) is 22.9 Å². The van der Waals surface area contributed by atoms with Crippen LogP contribution in [0.15, 0.2) is 83.4 Å². The van der Waals surface area contributed by atoms with Crippen LogP contribution < -0.4 is 5.32 Å². The summed E-state index contributed by atoms with van der Waals surface area (Å²) in [5, 5.41) is 14.0. The standard InChI is InChI=1S/C33H27FN2O4/c1-19-24(16-22(17-26(19)37)27(38)18-33(12-13-33)29-5-3-4-14-36-29)21-8-11-28-25(15-21)30(32(39)35-2)31(40-28)20-6-9-23(34)10-7-20/h3-11,14-17,37H,12-13,18H2,1-2H3,(H,35,39). The van der Waals surface area contributed by atoms with Crippen molar-refractivity contribution in [2.75, 3.05) is 7.05 Å². The number of nitrogens with zero attached hydrogens (tertiary/aromatic N) is 1. The van der Waals surface area contributed by atoms with Crippen molar-refractivity contribution in [1.82, 2.24) is 10.3 Å². The molecule has 1 fully saturated rings. The number of aromatic nitrogens is 1. The van der Waals surface area contributed by atoms with Gasteiger partial charge in [0, 0.05) is 47.3 Å². The van der Waals surface area contributed by atoms with E-state index in [0.717, 1.165) is 24.1 Å². The number of furan rings is 1. The van der Waals surface area contributed by atoms with Gasteiger partial charge in [0.15, 0.2) is 5.78 Å². The number of amides is 1. The highest BCUT2D eigenvalue weighted by Gasteiger charge is 2.47. The highest BCUT2D eigenvalue weighted by atomic mass is 19.1. The summed E-state index contributed by atoms with van der Waals surface area (Å²) >= 11 is 0. The Morgan fingerprint density at radius 3 is 2.45 bits per heavy atom. The number of aromatic hydroxyl groups is 1. The van der Waals surface area contributed by atoms with E-state index in [0.29, 0.717) is 51.0 Å². The number of rotatable bonds is 7. The highest BCUT2D eigenvalue weighted by molar-refractivity contribution is 6.12. The number of hydrogen-bond acceptors (Lipinski definition) is 5. The molecule has 0 aliphatic heterocycles. The number of phenols is 1. The summed E-state index contributed by atoms with van der Waals surface area (Å²) in [5.74, 6) is -0.439. The van der Waals surface area contributed by atoms with Crippen LogP contribution in [-0.2, 0) is 5.41 Å². The summed E-state index contributed by atoms with van der Waals surface area (Å²) in [5.41, 5.74) is 4.49. The van der Waals surface area contributed by atoms with Gasteiger partial charge in [-0.05, 0) is 97.1 Å². The second-order valence-corrected chi connectivity index (χ2v) is 10.4. The van der Waals surface area contributed by atoms with E-state index in [2.05, 4.69) is 10.3 Å². The normalized spacial score (nSPS) is 13.8. The van der Waals surface area contributed by atoms with Gasteiger partial charge in [0.2, 0.25) is 0 Å². The number of carbonyl (C=O) groups excluding carboxylic acids is 2. The molecule has 0 unspecified atom stereocenters. The van der Waals surface area contributed by atoms with Crippen molar-refractivity contribution in [1.29, 1.82) is 0 Å². The van der Waals surface area contributed by atoms with Crippen LogP contribution in [-0.4, -0.2) is 28.8 Å². The first-order valence-electron chi connectivity index (χ1n) is 13.1. The molecule has 1 aliphatic carbocycles. The summed E-state index contributed by atoms with van der Waals surface area (Å²) in [6.07, 6.45) is 3.86. The minimum Gasteiger partial charge on any atom is -0.508 e. The van der Waals surface area contributed by atoms with Crippen LogP contribution in [0.2, 0.25) is 0 Å². The molecule has 0 radical (unpaired) electrons. The summed E-state index contributed by atoms with van der Waals surface area (Å²) < 4.78 is 19.6. The Balaban J connectivity index is 1.42. The zero-order valence-corrected chi connectivity index (χ0v) is 22.1. The molecule has 1 amide bonds. The second-order valence-electron chi connectivity index (χ2n) is 10.4. The fourth-order valence-electron chi connectivity index (χ4n) is 5.34. The third-order valence-electron chi connectivity index (χ3n) is 7.82. The van der Waals surface area contributed by atoms with Gasteiger partial charge >= 0.3 is 0 Å². The lowest BCUT2D eigenvalue weighted by Gasteiger charge is -2.15. The van der Waals surface area contributed by atoms with Crippen molar-refractivity contribution < 1.29 is 23.5 Å². The summed E-state index contributed by atoms with van der Waals surface area (Å²) in [6, 6.07) is 20.3. The monoisotopic (exact) mass is 534 g/mol. The SMILES string of the molecule is CNC(=O)c1c(-c2ccc(F)cc2)oc2ccc(-c3cc(C(=O)CC4(c5ccccn5)CC4)cc(O)c3C)cc12. The van der Waals surface area contributed by atoms with E-state index in [4.69, 9.17) is 4.42 Å². The Bertz CT molecular complexity index is 1770. The molecule has 2 N–H and O–H groups in total. The lowest BCUT2D eigenvalue weighted by molar-refractivity contribution is 0.0958. The van der Waals surface area contributed by atoms with E-state index in [-0.39, 0.29) is 28.7 Å². The summed E-state index contributed by atoms with van der Waals surface area (Å²) in [7, 11) is 1.54. The van der Waals surface area contributed by atoms with Crippen LogP contribution in [0.5, 0.6) is 5.75 Å². The number of carbonyl (C=O) groups is 2. The number of phenolic OH excluding ortho intramolecular Hbond substituents is 1. The van der Waals surface area contributed by atoms with E-state index in [1.54, 1.807) is 37.4 Å². The molecule has 6 rings (SSSR count). The Labute approximate surface area is 230 Å². The van der Waals surface area contributed by atoms with Crippen molar-refractivity contribution in [3.8, 4) is 28.2 Å². The average Bonchev–Trinajstić information content (AvgIpc) is 3.66. The topological polar surface area (TPSA) is 92.4 Å². The average molecular weight is 535 g/mol. The Morgan fingerprint density at radius 2 is 1.77 bits per heavy atom. The molecule has 2 heterocycles. The molecular weight excluding hydrogens is 507 g/mol. The number of ketones is 1. The lowest BCUT2D eigenvalue weighted by Crippen LogP contribution is -2.18. The fourth-order valence-corrected chi connectivity index (χ4v) is 5.34. The van der Waals surface area contributed by atoms with Crippen LogP contribution >= 0.6 is 0 Å². The molecule has 0 saturated heterocycles. The first-order valence-corrected chi connectivity index (χ1v) is 13.1. The van der Waals surface area contributed by atoms with Gasteiger partial charge in [-0.15, -0.1) is 0 Å². The molecule has 1 saturated carbocycles. The molecule has 6 nitrogen and oxygen atoms in total. The zero-order valence-electron chi connectivity index (χ0n) is 22.1. The van der Waals surface area contributed by atoms with Gasteiger partial charge in [0.25, 0.3) is 5.91 Å². The van der Waals surface area contributed by atoms with Gasteiger partial charge in [-0.2, -0.15) is 0 Å². The minimum atomic E-state index is -0.388.